The molecular weight excluding hydrogens is 847 g/mol. The third-order valence-corrected chi connectivity index (χ3v) is 20.5. The number of hydrogen-bond acceptors (Lipinski definition) is 7. The summed E-state index contributed by atoms with van der Waals surface area (Å²) in [7, 11) is 5.33. The number of methoxy groups -OCH3 is 3. The van der Waals surface area contributed by atoms with E-state index in [2.05, 4.69) is 53.2 Å². The number of halogens is 1. The molecule has 0 aromatic heterocycles. The second-order valence-electron chi connectivity index (χ2n) is 15.3. The minimum atomic E-state index is -0.976. The van der Waals surface area contributed by atoms with Gasteiger partial charge in [-0.15, -0.1) is 0 Å². The number of aliphatic hydroxyl groups is 1. The monoisotopic (exact) mass is 895 g/mol. The standard InChI is InChI=1S/C38H48NO6.BrH.Hg/c1-24(41-3)23-44-28-11-8-25(9-12-28)14-15-35(2,40)30-21-36-16-17-38(30,43-5)34-37(36)18-19-39(22-26-6-7-26)31(36)20-27-10-13-29(42-4)33(45-34)32(27)37;;/h8-13,16-17,24,26,30-31,34,40H,1,6-7,14-15,18-23H2,2-5H3;1H;/q;;+1/p-1/t24?,30-,31?,34-,35+,36-,37?,38-;;/m1../s1. The van der Waals surface area contributed by atoms with Crippen LogP contribution in [0.5, 0.6) is 17.2 Å². The molecule has 5 aliphatic carbocycles. The summed E-state index contributed by atoms with van der Waals surface area (Å²) in [4.78, 5) is 2.81. The van der Waals surface area contributed by atoms with E-state index in [1.54, 1.807) is 14.2 Å². The van der Waals surface area contributed by atoms with E-state index in [-0.39, 0.29) is 29.0 Å². The third kappa shape index (κ3) is 4.96. The van der Waals surface area contributed by atoms with Gasteiger partial charge in [-0.2, -0.15) is 0 Å². The Morgan fingerprint density at radius 3 is 2.64 bits per heavy atom. The van der Waals surface area contributed by atoms with E-state index in [9.17, 15) is 5.11 Å². The first kappa shape index (κ1) is 33.0. The van der Waals surface area contributed by atoms with Crippen molar-refractivity contribution in [3.8, 4) is 17.2 Å². The van der Waals surface area contributed by atoms with Crippen LogP contribution >= 0.6 is 11.9 Å². The maximum Gasteiger partial charge on any atom is -0.0327 e. The number of hydrogen-bond donors (Lipinski definition) is 1. The van der Waals surface area contributed by atoms with Gasteiger partial charge in [0, 0.05) is 30.7 Å². The number of fused-ring (bicyclic) bond motifs is 1. The molecule has 2 aromatic rings. The van der Waals surface area contributed by atoms with E-state index in [4.69, 9.17) is 23.7 Å². The molecule has 1 N–H and O–H groups in total. The zero-order valence-corrected chi connectivity index (χ0v) is 35.4. The van der Waals surface area contributed by atoms with E-state index in [1.807, 2.05) is 26.2 Å². The van der Waals surface area contributed by atoms with Crippen molar-refractivity contribution >= 4 is 11.9 Å². The van der Waals surface area contributed by atoms with Gasteiger partial charge in [0.05, 0.1) is 12.5 Å². The molecule has 2 heterocycles. The SMILES string of the molecule is COc1ccc2c3c1O[C@@H]1C34CCN(CC3CC3)C(C2)[C@]42C=C[C@@]1(OC)[C@@H]([C@@](C)(O)CCc1ccc(OCC([CH2][Hg][Br])OC)cc1)C2. The molecule has 2 aliphatic heterocycles. The molecule has 8 atom stereocenters. The van der Waals surface area contributed by atoms with Crippen molar-refractivity contribution in [2.24, 2.45) is 17.3 Å². The molecule has 250 valence electrons. The molecule has 7 aliphatic rings. The fourth-order valence-electron chi connectivity index (χ4n) is 10.5. The predicted molar refractivity (Wildman–Crippen MR) is 180 cm³/mol. The van der Waals surface area contributed by atoms with Crippen LogP contribution in [0.3, 0.4) is 0 Å². The molecule has 0 radical (unpaired) electrons. The number of rotatable bonds is 14. The molecule has 3 fully saturated rings. The first-order valence-corrected chi connectivity index (χ1v) is 33.5. The molecule has 2 aromatic carbocycles. The second-order valence-corrected chi connectivity index (χ2v) is 26.0. The molecule has 1 saturated heterocycles. The van der Waals surface area contributed by atoms with Gasteiger partial charge in [0.25, 0.3) is 0 Å². The van der Waals surface area contributed by atoms with E-state index in [1.165, 1.54) is 36.1 Å². The predicted octanol–water partition coefficient (Wildman–Crippen LogP) is 6.28. The van der Waals surface area contributed by atoms with Crippen molar-refractivity contribution in [2.45, 2.75) is 90.7 Å². The van der Waals surface area contributed by atoms with E-state index in [0.29, 0.717) is 19.1 Å². The Labute approximate surface area is 297 Å². The van der Waals surface area contributed by atoms with E-state index >= 15 is 0 Å². The van der Waals surface area contributed by atoms with Crippen LogP contribution in [0.2, 0.25) is 3.93 Å². The van der Waals surface area contributed by atoms with Gasteiger partial charge >= 0.3 is 139 Å². The maximum absolute atomic E-state index is 12.6. The van der Waals surface area contributed by atoms with Crippen molar-refractivity contribution in [1.82, 2.24) is 4.90 Å². The van der Waals surface area contributed by atoms with Gasteiger partial charge in [-0.1, -0.05) is 18.2 Å². The summed E-state index contributed by atoms with van der Waals surface area (Å²) in [5.41, 5.74) is 1.91. The van der Waals surface area contributed by atoms with Gasteiger partial charge in [0.2, 0.25) is 0 Å². The van der Waals surface area contributed by atoms with Crippen molar-refractivity contribution in [1.29, 1.82) is 0 Å². The summed E-state index contributed by atoms with van der Waals surface area (Å²) in [6, 6.07) is 13.1. The third-order valence-electron chi connectivity index (χ3n) is 13.1. The van der Waals surface area contributed by atoms with Crippen LogP contribution in [0.1, 0.15) is 55.7 Å². The Hall–Kier alpha value is -1.16. The molecule has 4 bridgehead atoms. The molecule has 2 saturated carbocycles. The molecule has 7 nitrogen and oxygen atoms in total. The van der Waals surface area contributed by atoms with Crippen LogP contribution in [-0.2, 0) is 49.9 Å². The Morgan fingerprint density at radius 1 is 1.13 bits per heavy atom. The largest absolute Gasteiger partial charge is 0.0327 e. The zero-order chi connectivity index (χ0) is 32.6. The molecular formula is C38H48BrHgNO6. The zero-order valence-electron chi connectivity index (χ0n) is 28.3. The molecule has 9 heteroatoms. The Morgan fingerprint density at radius 2 is 1.94 bits per heavy atom. The summed E-state index contributed by atoms with van der Waals surface area (Å²) < 4.78 is 32.5. The minimum Gasteiger partial charge on any atom is -0.0327 e. The number of piperidine rings is 1. The van der Waals surface area contributed by atoms with Crippen LogP contribution < -0.4 is 14.2 Å². The number of benzene rings is 2. The van der Waals surface area contributed by atoms with Gasteiger partial charge in [0.15, 0.2) is 11.5 Å². The summed E-state index contributed by atoms with van der Waals surface area (Å²) in [6.07, 6.45) is 11.8. The quantitative estimate of drug-likeness (QED) is 0.177. The Bertz CT molecular complexity index is 1530. The van der Waals surface area contributed by atoms with Crippen LogP contribution in [0.15, 0.2) is 48.6 Å². The second kappa shape index (κ2) is 12.3. The summed E-state index contributed by atoms with van der Waals surface area (Å²) in [5.74, 6) is 3.29. The first-order valence-electron chi connectivity index (χ1n) is 17.6. The van der Waals surface area contributed by atoms with Gasteiger partial charge in [-0.05, 0) is 56.2 Å². The van der Waals surface area contributed by atoms with Gasteiger partial charge in [0.1, 0.15) is 11.7 Å². The van der Waals surface area contributed by atoms with E-state index in [0.717, 1.165) is 59.3 Å². The minimum absolute atomic E-state index is 0.123. The first-order chi connectivity index (χ1) is 22.7. The Balaban J connectivity index is 1.10. The van der Waals surface area contributed by atoms with Crippen molar-refractivity contribution in [3.63, 3.8) is 0 Å². The molecule has 0 amide bonds. The smallest absolute Gasteiger partial charge is 0.0327 e. The molecule has 2 spiro atoms. The van der Waals surface area contributed by atoms with Gasteiger partial charge in [-0.25, -0.2) is 0 Å². The normalized spacial score (nSPS) is 34.6. The number of ether oxygens (including phenoxy) is 5. The average molecular weight is 895 g/mol. The fraction of sp³-hybridized carbons (Fsp3) is 0.632. The Kier molecular flexibility index (Phi) is 8.61. The number of nitrogens with zero attached hydrogens (tertiary/aromatic N) is 1. The van der Waals surface area contributed by atoms with Crippen LogP contribution in [0.4, 0.5) is 0 Å². The summed E-state index contributed by atoms with van der Waals surface area (Å²) in [5, 5.41) is 12.6. The summed E-state index contributed by atoms with van der Waals surface area (Å²) >= 11 is 2.75. The maximum atomic E-state index is 12.6. The molecule has 3 unspecified atom stereocenters. The summed E-state index contributed by atoms with van der Waals surface area (Å²) in [6.45, 7) is 4.89. The van der Waals surface area contributed by atoms with E-state index < -0.39 is 33.3 Å². The van der Waals surface area contributed by atoms with Crippen molar-refractivity contribution in [2.75, 3.05) is 41.0 Å². The molecule has 9 rings (SSSR count). The van der Waals surface area contributed by atoms with Gasteiger partial charge in [-0.3, -0.25) is 4.90 Å². The van der Waals surface area contributed by atoms with Crippen molar-refractivity contribution in [3.05, 3.63) is 65.2 Å². The average Bonchev–Trinajstić information content (AvgIpc) is 3.84. The molecule has 47 heavy (non-hydrogen) atoms. The van der Waals surface area contributed by atoms with Gasteiger partial charge < -0.3 is 14.2 Å². The fourth-order valence-corrected chi connectivity index (χ4v) is 17.5. The van der Waals surface area contributed by atoms with Crippen LogP contribution in [0.25, 0.3) is 0 Å². The van der Waals surface area contributed by atoms with Crippen molar-refractivity contribution < 1.29 is 50.9 Å². The van der Waals surface area contributed by atoms with Crippen LogP contribution in [0, 0.1) is 17.3 Å². The topological polar surface area (TPSA) is 69.6 Å². The number of likely N-dealkylation sites (tertiary alicyclic amines) is 1. The number of aryl methyl sites for hydroxylation is 1. The van der Waals surface area contributed by atoms with Crippen LogP contribution in [-0.4, -0.2) is 80.5 Å².